The zero-order valence-electron chi connectivity index (χ0n) is 13.5. The van der Waals surface area contributed by atoms with E-state index in [0.717, 1.165) is 23.9 Å². The molecule has 0 saturated heterocycles. The van der Waals surface area contributed by atoms with E-state index in [1.165, 1.54) is 51.4 Å². The highest BCUT2D eigenvalue weighted by atomic mass is 35.7. The quantitative estimate of drug-likeness (QED) is 0.260. The minimum Gasteiger partial charge on any atom is -0.146 e. The van der Waals surface area contributed by atoms with Crippen molar-refractivity contribution in [2.45, 2.75) is 91.1 Å². The van der Waals surface area contributed by atoms with Gasteiger partial charge in [-0.15, -0.1) is 22.2 Å². The van der Waals surface area contributed by atoms with Crippen LogP contribution in [0.5, 0.6) is 0 Å². The smallest absolute Gasteiger partial charge is 0.146 e. The molecular weight excluding hydrogens is 291 g/mol. The highest BCUT2D eigenvalue weighted by Gasteiger charge is 2.33. The maximum absolute atomic E-state index is 6.75. The maximum Gasteiger partial charge on any atom is 0.251 e. The first-order valence-electron chi connectivity index (χ1n) is 8.36. The molecule has 0 aliphatic heterocycles. The minimum absolute atomic E-state index is 0.755. The van der Waals surface area contributed by atoms with Gasteiger partial charge in [0.2, 0.25) is 0 Å². The van der Waals surface area contributed by atoms with Gasteiger partial charge in [0, 0.05) is 0 Å². The molecule has 0 fully saturated rings. The highest BCUT2D eigenvalue weighted by molar-refractivity contribution is 7.45. The molecule has 0 aromatic carbocycles. The highest BCUT2D eigenvalue weighted by Crippen LogP contribution is 2.37. The van der Waals surface area contributed by atoms with E-state index in [0.29, 0.717) is 0 Å². The van der Waals surface area contributed by atoms with Crippen molar-refractivity contribution in [2.75, 3.05) is 0 Å². The van der Waals surface area contributed by atoms with Gasteiger partial charge in [-0.05, 0) is 23.9 Å². The lowest BCUT2D eigenvalue weighted by atomic mass is 10.0. The van der Waals surface area contributed by atoms with Crippen LogP contribution in [0.15, 0.2) is 0 Å². The number of halogens is 2. The molecule has 0 unspecified atom stereocenters. The molecule has 3 heteroatoms. The summed E-state index contributed by atoms with van der Waals surface area (Å²) in [7, 11) is 0. The Hall–Kier alpha value is 0.797. The third-order valence-electron chi connectivity index (χ3n) is 4.26. The van der Waals surface area contributed by atoms with Gasteiger partial charge in [-0.1, -0.05) is 79.1 Å². The molecule has 0 aromatic rings. The molecule has 0 rings (SSSR count). The fourth-order valence-electron chi connectivity index (χ4n) is 2.81. The van der Waals surface area contributed by atoms with E-state index in [4.69, 9.17) is 22.2 Å². The van der Waals surface area contributed by atoms with Crippen molar-refractivity contribution in [1.29, 1.82) is 0 Å². The van der Waals surface area contributed by atoms with E-state index in [-0.39, 0.29) is 0 Å². The summed E-state index contributed by atoms with van der Waals surface area (Å²) in [5, 5.41) is 0. The van der Waals surface area contributed by atoms with Crippen LogP contribution in [-0.4, -0.2) is 6.69 Å². The normalized spacial score (nSPS) is 15.5. The van der Waals surface area contributed by atoms with E-state index < -0.39 is 6.69 Å². The van der Waals surface area contributed by atoms with Crippen LogP contribution in [0.3, 0.4) is 0 Å². The molecule has 0 amide bonds. The monoisotopic (exact) mass is 324 g/mol. The first-order chi connectivity index (χ1) is 8.99. The molecular formula is C16H34Cl2Si. The van der Waals surface area contributed by atoms with Crippen molar-refractivity contribution in [3.05, 3.63) is 0 Å². The zero-order chi connectivity index (χ0) is 14.7. The summed E-state index contributed by atoms with van der Waals surface area (Å²) in [5.41, 5.74) is 0. The van der Waals surface area contributed by atoms with Crippen LogP contribution in [0.25, 0.3) is 0 Å². The SMILES string of the molecule is CCCC[C@@H](CC)C[Si](Cl)(Cl)C[C@@H](CC)CCCC. The van der Waals surface area contributed by atoms with Crippen LogP contribution in [-0.2, 0) is 0 Å². The third kappa shape index (κ3) is 10.2. The van der Waals surface area contributed by atoms with Gasteiger partial charge in [0.15, 0.2) is 0 Å². The van der Waals surface area contributed by atoms with E-state index in [1.54, 1.807) is 0 Å². The predicted molar refractivity (Wildman–Crippen MR) is 93.7 cm³/mol. The molecule has 0 spiro atoms. The summed E-state index contributed by atoms with van der Waals surface area (Å²) in [6.07, 6.45) is 10.3. The van der Waals surface area contributed by atoms with Gasteiger partial charge in [0.25, 0.3) is 6.69 Å². The van der Waals surface area contributed by atoms with Gasteiger partial charge in [-0.2, -0.15) is 0 Å². The molecule has 0 radical (unpaired) electrons. The average Bonchev–Trinajstić information content (AvgIpc) is 2.39. The predicted octanol–water partition coefficient (Wildman–Crippen LogP) is 7.34. The maximum atomic E-state index is 6.75. The van der Waals surface area contributed by atoms with Gasteiger partial charge in [0.1, 0.15) is 0 Å². The van der Waals surface area contributed by atoms with Crippen LogP contribution in [0.4, 0.5) is 0 Å². The lowest BCUT2D eigenvalue weighted by Gasteiger charge is -2.26. The van der Waals surface area contributed by atoms with Gasteiger partial charge in [0.05, 0.1) is 0 Å². The fourth-order valence-corrected chi connectivity index (χ4v) is 8.27. The Kier molecular flexibility index (Phi) is 11.9. The van der Waals surface area contributed by atoms with Crippen LogP contribution >= 0.6 is 22.2 Å². The van der Waals surface area contributed by atoms with Gasteiger partial charge >= 0.3 is 0 Å². The second kappa shape index (κ2) is 11.5. The summed E-state index contributed by atoms with van der Waals surface area (Å²) >= 11 is 13.5. The lowest BCUT2D eigenvalue weighted by molar-refractivity contribution is 0.471. The van der Waals surface area contributed by atoms with E-state index in [1.807, 2.05) is 0 Å². The zero-order valence-corrected chi connectivity index (χ0v) is 16.0. The van der Waals surface area contributed by atoms with Gasteiger partial charge in [-0.25, -0.2) is 0 Å². The van der Waals surface area contributed by atoms with Gasteiger partial charge in [-0.3, -0.25) is 0 Å². The van der Waals surface area contributed by atoms with Crippen molar-refractivity contribution in [1.82, 2.24) is 0 Å². The van der Waals surface area contributed by atoms with Crippen LogP contribution in [0, 0.1) is 11.8 Å². The van der Waals surface area contributed by atoms with Crippen molar-refractivity contribution in [3.8, 4) is 0 Å². The van der Waals surface area contributed by atoms with E-state index in [2.05, 4.69) is 27.7 Å². The fraction of sp³-hybridized carbons (Fsp3) is 1.00. The van der Waals surface area contributed by atoms with Crippen molar-refractivity contribution >= 4 is 28.9 Å². The number of hydrogen-bond donors (Lipinski definition) is 0. The molecule has 2 atom stereocenters. The Bertz CT molecular complexity index is 187. The standard InChI is InChI=1S/C16H34Cl2Si/c1-5-9-11-15(7-3)13-19(17,18)14-16(8-4)12-10-6-2/h15-16H,5-14H2,1-4H3/t15-,16+. The van der Waals surface area contributed by atoms with Crippen LogP contribution in [0.2, 0.25) is 12.1 Å². The summed E-state index contributed by atoms with van der Waals surface area (Å²) < 4.78 is 0. The molecule has 0 saturated carbocycles. The summed E-state index contributed by atoms with van der Waals surface area (Å²) in [4.78, 5) is 0. The molecule has 0 bridgehead atoms. The Labute approximate surface area is 132 Å². The number of unbranched alkanes of at least 4 members (excludes halogenated alkanes) is 2. The second-order valence-corrected chi connectivity index (χ2v) is 13.5. The Balaban J connectivity index is 4.24. The van der Waals surface area contributed by atoms with Crippen molar-refractivity contribution in [2.24, 2.45) is 11.8 Å². The third-order valence-corrected chi connectivity index (χ3v) is 8.46. The first kappa shape index (κ1) is 19.8. The average molecular weight is 325 g/mol. The molecule has 0 aliphatic carbocycles. The largest absolute Gasteiger partial charge is 0.251 e. The lowest BCUT2D eigenvalue weighted by Crippen LogP contribution is -2.26. The topological polar surface area (TPSA) is 0 Å². The summed E-state index contributed by atoms with van der Waals surface area (Å²) in [6.45, 7) is 7.06. The van der Waals surface area contributed by atoms with Crippen LogP contribution < -0.4 is 0 Å². The van der Waals surface area contributed by atoms with Crippen molar-refractivity contribution < 1.29 is 0 Å². The molecule has 19 heavy (non-hydrogen) atoms. The molecule has 0 heterocycles. The number of hydrogen-bond acceptors (Lipinski definition) is 0. The van der Waals surface area contributed by atoms with Crippen LogP contribution in [0.1, 0.15) is 79.1 Å². The molecule has 0 nitrogen and oxygen atoms in total. The summed E-state index contributed by atoms with van der Waals surface area (Å²) in [6, 6.07) is 2.21. The van der Waals surface area contributed by atoms with Gasteiger partial charge < -0.3 is 0 Å². The Morgan fingerprint density at radius 2 is 1.11 bits per heavy atom. The molecule has 0 N–H and O–H groups in total. The second-order valence-electron chi connectivity index (χ2n) is 6.10. The first-order valence-corrected chi connectivity index (χ1v) is 12.8. The van der Waals surface area contributed by atoms with E-state index in [9.17, 15) is 0 Å². The molecule has 0 aromatic heterocycles. The number of rotatable bonds is 12. The van der Waals surface area contributed by atoms with E-state index >= 15 is 0 Å². The van der Waals surface area contributed by atoms with Crippen molar-refractivity contribution in [3.63, 3.8) is 0 Å². The molecule has 0 aliphatic rings. The summed E-state index contributed by atoms with van der Waals surface area (Å²) in [5.74, 6) is 1.51. The minimum atomic E-state index is -2.03. The Morgan fingerprint density at radius 1 is 0.737 bits per heavy atom. The Morgan fingerprint density at radius 3 is 1.37 bits per heavy atom. The molecule has 116 valence electrons.